The number of rotatable bonds is 5. The molecule has 29 heavy (non-hydrogen) atoms. The molecule has 7 nitrogen and oxygen atoms in total. The molecule has 0 aliphatic carbocycles. The molecule has 10 heteroatoms. The zero-order chi connectivity index (χ0) is 18.8. The van der Waals surface area contributed by atoms with Gasteiger partial charge < -0.3 is 19.2 Å². The van der Waals surface area contributed by atoms with Crippen LogP contribution in [0.2, 0.25) is 0 Å². The Labute approximate surface area is 187 Å². The highest BCUT2D eigenvalue weighted by Gasteiger charge is 2.30. The molecule has 1 aliphatic heterocycles. The number of thioether (sulfide) groups is 1. The minimum absolute atomic E-state index is 0. The van der Waals surface area contributed by atoms with Crippen molar-refractivity contribution in [1.82, 2.24) is 29.2 Å². The molecule has 0 radical (unpaired) electrons. The van der Waals surface area contributed by atoms with Crippen molar-refractivity contribution in [2.45, 2.75) is 18.7 Å². The maximum atomic E-state index is 12.8. The summed E-state index contributed by atoms with van der Waals surface area (Å²) in [5.74, 6) is 2.27. The highest BCUT2D eigenvalue weighted by molar-refractivity contribution is 7.99. The number of pyridine rings is 1. The predicted octanol–water partition coefficient (Wildman–Crippen LogP) is 2.63. The molecule has 158 valence electrons. The number of carbonyl (C=O) groups excluding carboxylic acids is 1. The standard InChI is InChI=1S/C19H24N6OS.2ClH/c1-14-3-4-17-22-15(11-24(17)10-14)12-27-13-18(26)25-8-5-20-9-16(25)19-21-6-7-23(19)2;;/h3-4,6-7,10-11,16,20H,5,8-9,12-13H2,1-2H3;2*1H. The molecule has 0 spiro atoms. The van der Waals surface area contributed by atoms with Gasteiger partial charge in [0, 0.05) is 57.2 Å². The fourth-order valence-corrected chi connectivity index (χ4v) is 4.27. The lowest BCUT2D eigenvalue weighted by Gasteiger charge is -2.35. The van der Waals surface area contributed by atoms with Crippen molar-refractivity contribution in [3.05, 3.63) is 54.0 Å². The zero-order valence-electron chi connectivity index (χ0n) is 16.4. The summed E-state index contributed by atoms with van der Waals surface area (Å²) in [6.45, 7) is 4.35. The first-order valence-electron chi connectivity index (χ1n) is 9.11. The van der Waals surface area contributed by atoms with Crippen LogP contribution in [0.4, 0.5) is 0 Å². The van der Waals surface area contributed by atoms with E-state index in [1.807, 2.05) is 39.4 Å². The van der Waals surface area contributed by atoms with Gasteiger partial charge in [-0.25, -0.2) is 9.97 Å². The number of nitrogens with one attached hydrogen (secondary N) is 1. The van der Waals surface area contributed by atoms with Crippen molar-refractivity contribution in [1.29, 1.82) is 0 Å². The first-order chi connectivity index (χ1) is 13.1. The number of carbonyl (C=O) groups is 1. The van der Waals surface area contributed by atoms with Crippen molar-refractivity contribution < 1.29 is 4.79 Å². The van der Waals surface area contributed by atoms with Crippen LogP contribution in [0.5, 0.6) is 0 Å². The summed E-state index contributed by atoms with van der Waals surface area (Å²) in [5, 5.41) is 3.37. The van der Waals surface area contributed by atoms with Crippen LogP contribution in [0, 0.1) is 6.92 Å². The van der Waals surface area contributed by atoms with E-state index >= 15 is 0 Å². The van der Waals surface area contributed by atoms with Gasteiger partial charge in [0.2, 0.25) is 5.91 Å². The van der Waals surface area contributed by atoms with Crippen molar-refractivity contribution in [2.24, 2.45) is 7.05 Å². The number of fused-ring (bicyclic) bond motifs is 1. The third-order valence-electron chi connectivity index (χ3n) is 4.84. The van der Waals surface area contributed by atoms with Crippen LogP contribution in [0.3, 0.4) is 0 Å². The summed E-state index contributed by atoms with van der Waals surface area (Å²) in [5.41, 5.74) is 3.15. The van der Waals surface area contributed by atoms with Gasteiger partial charge in [0.25, 0.3) is 0 Å². The number of aryl methyl sites for hydroxylation is 2. The minimum Gasteiger partial charge on any atom is -0.336 e. The quantitative estimate of drug-likeness (QED) is 0.638. The number of piperazine rings is 1. The highest BCUT2D eigenvalue weighted by Crippen LogP contribution is 2.22. The van der Waals surface area contributed by atoms with Crippen LogP contribution in [0.15, 0.2) is 36.9 Å². The van der Waals surface area contributed by atoms with Gasteiger partial charge in [0.1, 0.15) is 17.5 Å². The molecule has 1 atom stereocenters. The molecule has 4 rings (SSSR count). The first-order valence-corrected chi connectivity index (χ1v) is 10.3. The predicted molar refractivity (Wildman–Crippen MR) is 121 cm³/mol. The Morgan fingerprint density at radius 2 is 2.14 bits per heavy atom. The monoisotopic (exact) mass is 456 g/mol. The van der Waals surface area contributed by atoms with Gasteiger partial charge in [0.15, 0.2) is 0 Å². The first kappa shape index (κ1) is 23.5. The van der Waals surface area contributed by atoms with Crippen molar-refractivity contribution in [3.63, 3.8) is 0 Å². The molecule has 4 heterocycles. The molecule has 1 saturated heterocycles. The van der Waals surface area contributed by atoms with Gasteiger partial charge in [-0.3, -0.25) is 4.79 Å². The Hall–Kier alpha value is -1.74. The minimum atomic E-state index is -0.00924. The number of nitrogens with zero attached hydrogens (tertiary/aromatic N) is 5. The molecule has 1 amide bonds. The number of aromatic nitrogens is 4. The Bertz CT molecular complexity index is 959. The van der Waals surface area contributed by atoms with E-state index in [4.69, 9.17) is 0 Å². The lowest BCUT2D eigenvalue weighted by atomic mass is 10.1. The molecule has 0 aromatic carbocycles. The van der Waals surface area contributed by atoms with Crippen LogP contribution in [0.25, 0.3) is 5.65 Å². The lowest BCUT2D eigenvalue weighted by molar-refractivity contribution is -0.131. The highest BCUT2D eigenvalue weighted by atomic mass is 35.5. The summed E-state index contributed by atoms with van der Waals surface area (Å²) in [6.07, 6.45) is 7.82. The fourth-order valence-electron chi connectivity index (χ4n) is 3.48. The maximum absolute atomic E-state index is 12.8. The van der Waals surface area contributed by atoms with E-state index in [-0.39, 0.29) is 36.8 Å². The second-order valence-corrected chi connectivity index (χ2v) is 7.89. The Morgan fingerprint density at radius 1 is 1.31 bits per heavy atom. The van der Waals surface area contributed by atoms with Crippen molar-refractivity contribution >= 4 is 48.1 Å². The number of hydrogen-bond acceptors (Lipinski definition) is 5. The number of halogens is 2. The molecular weight excluding hydrogens is 431 g/mol. The average molecular weight is 457 g/mol. The number of hydrogen-bond donors (Lipinski definition) is 1. The second kappa shape index (κ2) is 10.3. The number of amides is 1. The summed E-state index contributed by atoms with van der Waals surface area (Å²) in [6, 6.07) is 4.07. The molecule has 1 unspecified atom stereocenters. The van der Waals surface area contributed by atoms with Crippen molar-refractivity contribution in [2.75, 3.05) is 25.4 Å². The second-order valence-electron chi connectivity index (χ2n) is 6.90. The molecule has 3 aromatic heterocycles. The number of imidazole rings is 2. The van der Waals surface area contributed by atoms with Gasteiger partial charge in [-0.1, -0.05) is 6.07 Å². The largest absolute Gasteiger partial charge is 0.336 e. The van der Waals surface area contributed by atoms with E-state index < -0.39 is 0 Å². The van der Waals surface area contributed by atoms with Gasteiger partial charge >= 0.3 is 0 Å². The van der Waals surface area contributed by atoms with Gasteiger partial charge in [-0.15, -0.1) is 36.6 Å². The average Bonchev–Trinajstić information content (AvgIpc) is 3.26. The molecule has 1 fully saturated rings. The smallest absolute Gasteiger partial charge is 0.233 e. The lowest BCUT2D eigenvalue weighted by Crippen LogP contribution is -2.50. The molecular formula is C19H26Cl2N6OS. The topological polar surface area (TPSA) is 67.5 Å². The fraction of sp³-hybridized carbons (Fsp3) is 0.421. The third kappa shape index (κ3) is 5.25. The summed E-state index contributed by atoms with van der Waals surface area (Å²) in [4.78, 5) is 23.9. The van der Waals surface area contributed by atoms with Crippen LogP contribution in [-0.2, 0) is 17.6 Å². The summed E-state index contributed by atoms with van der Waals surface area (Å²) < 4.78 is 4.03. The molecule has 3 aromatic rings. The van der Waals surface area contributed by atoms with E-state index in [0.29, 0.717) is 12.3 Å². The van der Waals surface area contributed by atoms with Gasteiger partial charge in [-0.05, 0) is 18.6 Å². The normalized spacial score (nSPS) is 16.3. The summed E-state index contributed by atoms with van der Waals surface area (Å²) >= 11 is 1.62. The summed E-state index contributed by atoms with van der Waals surface area (Å²) in [7, 11) is 1.97. The molecule has 0 saturated carbocycles. The van der Waals surface area contributed by atoms with Crippen LogP contribution in [-0.4, -0.2) is 55.1 Å². The van der Waals surface area contributed by atoms with E-state index in [0.717, 1.165) is 36.0 Å². The van der Waals surface area contributed by atoms with Crippen LogP contribution in [0.1, 0.15) is 23.1 Å². The molecule has 1 aliphatic rings. The van der Waals surface area contributed by atoms with E-state index in [2.05, 4.69) is 34.5 Å². The molecule has 0 bridgehead atoms. The van der Waals surface area contributed by atoms with Crippen LogP contribution >= 0.6 is 36.6 Å². The SMILES string of the molecule is Cc1ccc2nc(CSCC(=O)N3CCNCC3c3nccn3C)cn2c1.Cl.Cl. The Kier molecular flexibility index (Phi) is 8.39. The molecule has 1 N–H and O–H groups in total. The Morgan fingerprint density at radius 3 is 2.90 bits per heavy atom. The van der Waals surface area contributed by atoms with E-state index in [9.17, 15) is 4.79 Å². The van der Waals surface area contributed by atoms with E-state index in [1.54, 1.807) is 18.0 Å². The Balaban J connectivity index is 0.00000150. The maximum Gasteiger partial charge on any atom is 0.233 e. The van der Waals surface area contributed by atoms with Gasteiger partial charge in [-0.2, -0.15) is 0 Å². The van der Waals surface area contributed by atoms with Crippen molar-refractivity contribution in [3.8, 4) is 0 Å². The van der Waals surface area contributed by atoms with Crippen LogP contribution < -0.4 is 5.32 Å². The van der Waals surface area contributed by atoms with E-state index in [1.165, 1.54) is 5.56 Å². The van der Waals surface area contributed by atoms with Gasteiger partial charge in [0.05, 0.1) is 11.4 Å². The zero-order valence-corrected chi connectivity index (χ0v) is 18.9. The third-order valence-corrected chi connectivity index (χ3v) is 5.80.